The highest BCUT2D eigenvalue weighted by molar-refractivity contribution is 5.38. The molecule has 2 atom stereocenters. The van der Waals surface area contributed by atoms with Crippen molar-refractivity contribution >= 4 is 0 Å². The van der Waals surface area contributed by atoms with Gasteiger partial charge in [-0.15, -0.1) is 0 Å². The smallest absolute Gasteiger partial charge is 0.115 e. The van der Waals surface area contributed by atoms with E-state index in [9.17, 15) is 5.11 Å². The van der Waals surface area contributed by atoms with Crippen molar-refractivity contribution < 1.29 is 5.11 Å². The summed E-state index contributed by atoms with van der Waals surface area (Å²) in [6.45, 7) is 1.28. The Morgan fingerprint density at radius 3 is 2.67 bits per heavy atom. The van der Waals surface area contributed by atoms with E-state index >= 15 is 0 Å². The maximum absolute atomic E-state index is 9.75. The van der Waals surface area contributed by atoms with Gasteiger partial charge in [0.25, 0.3) is 0 Å². The van der Waals surface area contributed by atoms with Crippen LogP contribution in [0, 0.1) is 5.92 Å². The first-order valence-corrected chi connectivity index (χ1v) is 8.90. The fraction of sp³-hybridized carbons (Fsp3) is 0.684. The topological polar surface area (TPSA) is 23.5 Å². The molecule has 0 amide bonds. The molecule has 1 heterocycles. The van der Waals surface area contributed by atoms with E-state index in [1.807, 2.05) is 12.1 Å². The number of fused-ring (bicyclic) bond motifs is 1. The minimum atomic E-state index is 0.433. The molecule has 2 fully saturated rings. The highest BCUT2D eigenvalue weighted by Gasteiger charge is 2.38. The molecule has 3 aliphatic rings. The van der Waals surface area contributed by atoms with Crippen molar-refractivity contribution in [3.63, 3.8) is 0 Å². The Bertz CT molecular complexity index is 506. The van der Waals surface area contributed by atoms with Crippen molar-refractivity contribution in [2.24, 2.45) is 5.92 Å². The fourth-order valence-corrected chi connectivity index (χ4v) is 5.17. The van der Waals surface area contributed by atoms with Gasteiger partial charge in [0.1, 0.15) is 5.75 Å². The molecule has 0 radical (unpaired) electrons. The van der Waals surface area contributed by atoms with E-state index in [1.165, 1.54) is 69.0 Å². The number of phenols is 1. The van der Waals surface area contributed by atoms with Crippen molar-refractivity contribution in [2.75, 3.05) is 6.54 Å². The van der Waals surface area contributed by atoms with Gasteiger partial charge in [-0.1, -0.05) is 18.9 Å². The second kappa shape index (κ2) is 5.64. The quantitative estimate of drug-likeness (QED) is 0.869. The lowest BCUT2D eigenvalue weighted by Crippen LogP contribution is -2.39. The third kappa shape index (κ3) is 2.48. The van der Waals surface area contributed by atoms with E-state index in [1.54, 1.807) is 0 Å². The normalized spacial score (nSPS) is 30.7. The number of hydrogen-bond acceptors (Lipinski definition) is 2. The SMILES string of the molecule is Oc1ccc2c(c1)CCCC2N1CCCC1C1CCCC1. The maximum atomic E-state index is 9.75. The number of benzene rings is 1. The summed E-state index contributed by atoms with van der Waals surface area (Å²) in [5.41, 5.74) is 2.90. The minimum absolute atomic E-state index is 0.433. The number of aryl methyl sites for hydroxylation is 1. The average molecular weight is 285 g/mol. The molecule has 2 unspecified atom stereocenters. The average Bonchev–Trinajstić information content (AvgIpc) is 3.17. The molecular formula is C19H27NO. The van der Waals surface area contributed by atoms with Crippen LogP contribution in [-0.2, 0) is 6.42 Å². The lowest BCUT2D eigenvalue weighted by atomic mass is 9.85. The first-order chi connectivity index (χ1) is 10.3. The zero-order valence-electron chi connectivity index (χ0n) is 12.9. The number of aromatic hydroxyl groups is 1. The number of rotatable bonds is 2. The molecule has 2 aliphatic carbocycles. The lowest BCUT2D eigenvalue weighted by Gasteiger charge is -2.39. The van der Waals surface area contributed by atoms with Crippen LogP contribution in [0.25, 0.3) is 0 Å². The van der Waals surface area contributed by atoms with E-state index < -0.39 is 0 Å². The molecule has 1 aromatic carbocycles. The Morgan fingerprint density at radius 2 is 1.81 bits per heavy atom. The summed E-state index contributed by atoms with van der Waals surface area (Å²) >= 11 is 0. The molecule has 1 saturated heterocycles. The van der Waals surface area contributed by atoms with Crippen molar-refractivity contribution in [1.29, 1.82) is 0 Å². The van der Waals surface area contributed by atoms with Gasteiger partial charge in [0.2, 0.25) is 0 Å². The predicted octanol–water partition coefficient (Wildman–Crippen LogP) is 4.42. The van der Waals surface area contributed by atoms with E-state index in [0.717, 1.165) is 18.4 Å². The van der Waals surface area contributed by atoms with Gasteiger partial charge in [0, 0.05) is 12.1 Å². The summed E-state index contributed by atoms with van der Waals surface area (Å²) in [5.74, 6) is 1.39. The largest absolute Gasteiger partial charge is 0.508 e. The zero-order valence-corrected chi connectivity index (χ0v) is 12.9. The Labute approximate surface area is 128 Å². The van der Waals surface area contributed by atoms with E-state index in [4.69, 9.17) is 0 Å². The molecule has 4 rings (SSSR count). The Morgan fingerprint density at radius 1 is 0.952 bits per heavy atom. The summed E-state index contributed by atoms with van der Waals surface area (Å²) in [6.07, 6.45) is 12.3. The monoisotopic (exact) mass is 285 g/mol. The molecule has 2 heteroatoms. The van der Waals surface area contributed by atoms with Gasteiger partial charge in [-0.25, -0.2) is 0 Å². The third-order valence-corrected chi connectivity index (χ3v) is 6.10. The summed E-state index contributed by atoms with van der Waals surface area (Å²) < 4.78 is 0. The first kappa shape index (κ1) is 13.6. The van der Waals surface area contributed by atoms with Crippen LogP contribution in [0.4, 0.5) is 0 Å². The third-order valence-electron chi connectivity index (χ3n) is 6.10. The van der Waals surface area contributed by atoms with Gasteiger partial charge in [-0.3, -0.25) is 4.90 Å². The molecule has 0 bridgehead atoms. The Balaban J connectivity index is 1.61. The van der Waals surface area contributed by atoms with Gasteiger partial charge in [0.15, 0.2) is 0 Å². The molecule has 1 N–H and O–H groups in total. The van der Waals surface area contributed by atoms with Gasteiger partial charge in [-0.05, 0) is 80.7 Å². The van der Waals surface area contributed by atoms with Crippen LogP contribution in [0.1, 0.15) is 68.5 Å². The van der Waals surface area contributed by atoms with Crippen LogP contribution in [0.2, 0.25) is 0 Å². The molecule has 1 saturated carbocycles. The van der Waals surface area contributed by atoms with Crippen molar-refractivity contribution in [2.45, 2.75) is 69.9 Å². The molecule has 114 valence electrons. The standard InChI is InChI=1S/C19H27NO/c21-16-10-11-17-15(13-16)7-3-8-19(17)20-12-4-9-18(20)14-5-1-2-6-14/h10-11,13-14,18-19,21H,1-9,12H2. The lowest BCUT2D eigenvalue weighted by molar-refractivity contribution is 0.122. The molecule has 0 spiro atoms. The number of likely N-dealkylation sites (tertiary alicyclic amines) is 1. The summed E-state index contributed by atoms with van der Waals surface area (Å²) in [4.78, 5) is 2.84. The van der Waals surface area contributed by atoms with Crippen LogP contribution in [0.5, 0.6) is 5.75 Å². The van der Waals surface area contributed by atoms with Crippen LogP contribution in [-0.4, -0.2) is 22.6 Å². The Hall–Kier alpha value is -1.02. The molecular weight excluding hydrogens is 258 g/mol. The molecule has 21 heavy (non-hydrogen) atoms. The fourth-order valence-electron chi connectivity index (χ4n) is 5.17. The highest BCUT2D eigenvalue weighted by atomic mass is 16.3. The van der Waals surface area contributed by atoms with Gasteiger partial charge in [0.05, 0.1) is 0 Å². The summed E-state index contributed by atoms with van der Waals surface area (Å²) in [7, 11) is 0. The van der Waals surface area contributed by atoms with Crippen LogP contribution >= 0.6 is 0 Å². The molecule has 0 aromatic heterocycles. The molecule has 1 aromatic rings. The highest BCUT2D eigenvalue weighted by Crippen LogP contribution is 2.43. The van der Waals surface area contributed by atoms with Gasteiger partial charge >= 0.3 is 0 Å². The van der Waals surface area contributed by atoms with Crippen molar-refractivity contribution in [1.82, 2.24) is 4.90 Å². The number of phenolic OH excluding ortho intramolecular Hbond substituents is 1. The Kier molecular flexibility index (Phi) is 3.66. The van der Waals surface area contributed by atoms with E-state index in [-0.39, 0.29) is 0 Å². The summed E-state index contributed by atoms with van der Waals surface area (Å²) in [5, 5.41) is 9.75. The molecule has 2 nitrogen and oxygen atoms in total. The van der Waals surface area contributed by atoms with Crippen LogP contribution in [0.15, 0.2) is 18.2 Å². The van der Waals surface area contributed by atoms with Gasteiger partial charge in [-0.2, -0.15) is 0 Å². The maximum Gasteiger partial charge on any atom is 0.115 e. The predicted molar refractivity (Wildman–Crippen MR) is 85.5 cm³/mol. The number of nitrogens with zero attached hydrogens (tertiary/aromatic N) is 1. The van der Waals surface area contributed by atoms with Crippen molar-refractivity contribution in [3.05, 3.63) is 29.3 Å². The zero-order chi connectivity index (χ0) is 14.2. The molecule has 1 aliphatic heterocycles. The number of hydrogen-bond donors (Lipinski definition) is 1. The van der Waals surface area contributed by atoms with E-state index in [0.29, 0.717) is 11.8 Å². The minimum Gasteiger partial charge on any atom is -0.508 e. The van der Waals surface area contributed by atoms with Crippen molar-refractivity contribution in [3.8, 4) is 5.75 Å². The van der Waals surface area contributed by atoms with Crippen LogP contribution < -0.4 is 0 Å². The second-order valence-electron chi connectivity index (χ2n) is 7.28. The first-order valence-electron chi connectivity index (χ1n) is 8.90. The van der Waals surface area contributed by atoms with Crippen LogP contribution in [0.3, 0.4) is 0 Å². The summed E-state index contributed by atoms with van der Waals surface area (Å²) in [6, 6.07) is 7.53. The van der Waals surface area contributed by atoms with Gasteiger partial charge < -0.3 is 5.11 Å². The van der Waals surface area contributed by atoms with E-state index in [2.05, 4.69) is 11.0 Å². The second-order valence-corrected chi connectivity index (χ2v) is 7.28.